The predicted molar refractivity (Wildman–Crippen MR) is 120 cm³/mol. The number of amides is 2. The smallest absolute Gasteiger partial charge is 0.277 e. The van der Waals surface area contributed by atoms with Crippen molar-refractivity contribution >= 4 is 34.0 Å². The molecule has 0 atom stereocenters. The molecule has 0 spiro atoms. The van der Waals surface area contributed by atoms with E-state index in [4.69, 9.17) is 4.74 Å². The Bertz CT molecular complexity index is 1210. The largest absolute Gasteiger partial charge is 0.497 e. The van der Waals surface area contributed by atoms with Crippen molar-refractivity contribution in [1.29, 1.82) is 0 Å². The highest BCUT2D eigenvalue weighted by molar-refractivity contribution is 7.14. The van der Waals surface area contributed by atoms with E-state index in [1.165, 1.54) is 18.3 Å². The van der Waals surface area contributed by atoms with E-state index in [0.29, 0.717) is 10.8 Å². The molecule has 0 aliphatic rings. The van der Waals surface area contributed by atoms with Gasteiger partial charge in [0.1, 0.15) is 5.75 Å². The van der Waals surface area contributed by atoms with Crippen LogP contribution in [0.15, 0.2) is 66.2 Å². The number of methoxy groups -OCH3 is 1. The first-order chi connectivity index (χ1) is 15.0. The molecule has 2 aromatic heterocycles. The van der Waals surface area contributed by atoms with Crippen LogP contribution < -0.4 is 15.4 Å². The average Bonchev–Trinajstić information content (AvgIpc) is 3.44. The molecule has 156 valence electrons. The van der Waals surface area contributed by atoms with E-state index < -0.39 is 0 Å². The second kappa shape index (κ2) is 8.80. The van der Waals surface area contributed by atoms with Gasteiger partial charge >= 0.3 is 0 Å². The van der Waals surface area contributed by atoms with E-state index in [2.05, 4.69) is 20.7 Å². The topological polar surface area (TPSA) is 98.1 Å². The maximum absolute atomic E-state index is 12.6. The summed E-state index contributed by atoms with van der Waals surface area (Å²) in [5, 5.41) is 12.2. The van der Waals surface area contributed by atoms with Gasteiger partial charge in [0.25, 0.3) is 5.91 Å². The third-order valence-electron chi connectivity index (χ3n) is 4.38. The first-order valence-corrected chi connectivity index (χ1v) is 10.2. The number of nitrogens with one attached hydrogen (secondary N) is 2. The standard InChI is InChI=1S/C22H19N5O3S/c1-14(28)23-16-5-3-15(4-6-16)20-13-31-22(24-20)25-21(29)19-11-12-27(26-19)17-7-9-18(30-2)10-8-17/h3-13H,1-2H3,(H,23,28)(H,24,25,29). The molecule has 2 amide bonds. The molecule has 0 fully saturated rings. The van der Waals surface area contributed by atoms with Gasteiger partial charge in [0.05, 0.1) is 18.5 Å². The average molecular weight is 433 g/mol. The number of carbonyl (C=O) groups excluding carboxylic acids is 2. The zero-order valence-corrected chi connectivity index (χ0v) is 17.6. The Morgan fingerprint density at radius 2 is 1.74 bits per heavy atom. The van der Waals surface area contributed by atoms with Crippen LogP contribution >= 0.6 is 11.3 Å². The molecule has 9 heteroatoms. The van der Waals surface area contributed by atoms with Crippen LogP contribution in [0, 0.1) is 0 Å². The SMILES string of the molecule is COc1ccc(-n2ccc(C(=O)Nc3nc(-c4ccc(NC(C)=O)cc4)cs3)n2)cc1. The maximum atomic E-state index is 12.6. The molecular formula is C22H19N5O3S. The Kier molecular flexibility index (Phi) is 5.76. The molecule has 4 rings (SSSR count). The van der Waals surface area contributed by atoms with Crippen LogP contribution in [0.25, 0.3) is 16.9 Å². The molecule has 0 saturated heterocycles. The molecule has 0 bridgehead atoms. The van der Waals surface area contributed by atoms with Crippen LogP contribution in [0.4, 0.5) is 10.8 Å². The lowest BCUT2D eigenvalue weighted by molar-refractivity contribution is -0.114. The normalized spacial score (nSPS) is 10.5. The van der Waals surface area contributed by atoms with Gasteiger partial charge in [0.2, 0.25) is 5.91 Å². The monoisotopic (exact) mass is 433 g/mol. The fourth-order valence-electron chi connectivity index (χ4n) is 2.88. The first kappa shape index (κ1) is 20.3. The Morgan fingerprint density at radius 1 is 1.00 bits per heavy atom. The molecule has 0 unspecified atom stereocenters. The van der Waals surface area contributed by atoms with E-state index in [1.54, 1.807) is 36.2 Å². The highest BCUT2D eigenvalue weighted by Gasteiger charge is 2.13. The molecule has 2 N–H and O–H groups in total. The summed E-state index contributed by atoms with van der Waals surface area (Å²) in [6.45, 7) is 1.46. The lowest BCUT2D eigenvalue weighted by atomic mass is 10.1. The fourth-order valence-corrected chi connectivity index (χ4v) is 3.59. The van der Waals surface area contributed by atoms with Crippen LogP contribution in [0.5, 0.6) is 5.75 Å². The number of thiazole rings is 1. The zero-order valence-electron chi connectivity index (χ0n) is 16.8. The van der Waals surface area contributed by atoms with Gasteiger partial charge < -0.3 is 10.1 Å². The van der Waals surface area contributed by atoms with Crippen molar-refractivity contribution in [3.05, 3.63) is 71.9 Å². The van der Waals surface area contributed by atoms with Crippen molar-refractivity contribution in [2.24, 2.45) is 0 Å². The van der Waals surface area contributed by atoms with Crippen LogP contribution in [0.3, 0.4) is 0 Å². The zero-order chi connectivity index (χ0) is 21.8. The number of hydrogen-bond donors (Lipinski definition) is 2. The van der Waals surface area contributed by atoms with Crippen molar-refractivity contribution in [2.45, 2.75) is 6.92 Å². The summed E-state index contributed by atoms with van der Waals surface area (Å²) in [6, 6.07) is 16.4. The van der Waals surface area contributed by atoms with Crippen LogP contribution in [0.2, 0.25) is 0 Å². The third-order valence-corrected chi connectivity index (χ3v) is 5.14. The Balaban J connectivity index is 1.43. The molecule has 2 aromatic carbocycles. The van der Waals surface area contributed by atoms with Crippen molar-refractivity contribution in [3.8, 4) is 22.7 Å². The van der Waals surface area contributed by atoms with Crippen molar-refractivity contribution in [2.75, 3.05) is 17.7 Å². The summed E-state index contributed by atoms with van der Waals surface area (Å²) in [4.78, 5) is 28.2. The summed E-state index contributed by atoms with van der Waals surface area (Å²) in [5.41, 5.74) is 3.44. The summed E-state index contributed by atoms with van der Waals surface area (Å²) in [7, 11) is 1.61. The van der Waals surface area contributed by atoms with E-state index in [-0.39, 0.29) is 17.5 Å². The van der Waals surface area contributed by atoms with Gasteiger partial charge in [-0.2, -0.15) is 5.10 Å². The number of aromatic nitrogens is 3. The van der Waals surface area contributed by atoms with E-state index in [9.17, 15) is 9.59 Å². The number of benzene rings is 2. The van der Waals surface area contributed by atoms with Gasteiger partial charge in [-0.15, -0.1) is 11.3 Å². The van der Waals surface area contributed by atoms with E-state index in [1.807, 2.05) is 41.8 Å². The second-order valence-corrected chi connectivity index (χ2v) is 7.45. The Morgan fingerprint density at radius 3 is 2.42 bits per heavy atom. The molecular weight excluding hydrogens is 414 g/mol. The number of ether oxygens (including phenoxy) is 1. The first-order valence-electron chi connectivity index (χ1n) is 9.37. The molecule has 0 aliphatic carbocycles. The molecule has 0 aliphatic heterocycles. The van der Waals surface area contributed by atoms with Crippen molar-refractivity contribution in [3.63, 3.8) is 0 Å². The lowest BCUT2D eigenvalue weighted by Gasteiger charge is -2.03. The van der Waals surface area contributed by atoms with Crippen LogP contribution in [0.1, 0.15) is 17.4 Å². The molecule has 4 aromatic rings. The fraction of sp³-hybridized carbons (Fsp3) is 0.0909. The van der Waals surface area contributed by atoms with Crippen molar-refractivity contribution < 1.29 is 14.3 Å². The molecule has 0 radical (unpaired) electrons. The highest BCUT2D eigenvalue weighted by Crippen LogP contribution is 2.26. The molecule has 0 saturated carbocycles. The van der Waals surface area contributed by atoms with Gasteiger partial charge in [-0.3, -0.25) is 14.9 Å². The lowest BCUT2D eigenvalue weighted by Crippen LogP contribution is -2.13. The van der Waals surface area contributed by atoms with Crippen molar-refractivity contribution in [1.82, 2.24) is 14.8 Å². The van der Waals surface area contributed by atoms with E-state index in [0.717, 1.165) is 22.7 Å². The van der Waals surface area contributed by atoms with Crippen LogP contribution in [-0.2, 0) is 4.79 Å². The minimum atomic E-state index is -0.339. The minimum Gasteiger partial charge on any atom is -0.497 e. The van der Waals surface area contributed by atoms with E-state index >= 15 is 0 Å². The quantitative estimate of drug-likeness (QED) is 0.475. The number of anilines is 2. The molecule has 8 nitrogen and oxygen atoms in total. The van der Waals surface area contributed by atoms with Gasteiger partial charge in [0.15, 0.2) is 10.8 Å². The van der Waals surface area contributed by atoms with Gasteiger partial charge in [-0.25, -0.2) is 9.67 Å². The minimum absolute atomic E-state index is 0.124. The summed E-state index contributed by atoms with van der Waals surface area (Å²) in [5.74, 6) is 0.285. The highest BCUT2D eigenvalue weighted by atomic mass is 32.1. The number of nitrogens with zero attached hydrogens (tertiary/aromatic N) is 3. The predicted octanol–water partition coefficient (Wildman–Crippen LogP) is 4.22. The second-order valence-electron chi connectivity index (χ2n) is 6.59. The van der Waals surface area contributed by atoms with Gasteiger partial charge in [0, 0.05) is 29.8 Å². The number of carbonyl (C=O) groups is 2. The molecule has 2 heterocycles. The number of rotatable bonds is 6. The third kappa shape index (κ3) is 4.78. The maximum Gasteiger partial charge on any atom is 0.277 e. The Labute approximate surface area is 182 Å². The summed E-state index contributed by atoms with van der Waals surface area (Å²) in [6.07, 6.45) is 1.72. The summed E-state index contributed by atoms with van der Waals surface area (Å²) >= 11 is 1.33. The Hall–Kier alpha value is -3.98. The van der Waals surface area contributed by atoms with Gasteiger partial charge in [-0.05, 0) is 42.5 Å². The van der Waals surface area contributed by atoms with Gasteiger partial charge in [-0.1, -0.05) is 12.1 Å². The molecule has 31 heavy (non-hydrogen) atoms. The number of hydrogen-bond acceptors (Lipinski definition) is 6. The summed E-state index contributed by atoms with van der Waals surface area (Å²) < 4.78 is 6.78. The van der Waals surface area contributed by atoms with Crippen LogP contribution in [-0.4, -0.2) is 33.7 Å².